The fourth-order valence-electron chi connectivity index (χ4n) is 7.43. The number of hydrogen-bond acceptors (Lipinski definition) is 7. The molecular weight excluding hydrogens is 714 g/mol. The van der Waals surface area contributed by atoms with Gasteiger partial charge < -0.3 is 14.7 Å². The number of aliphatic hydroxyl groups is 1. The van der Waals surface area contributed by atoms with Gasteiger partial charge in [0.25, 0.3) is 0 Å². The minimum absolute atomic E-state index is 0.0723. The first kappa shape index (κ1) is 36.8. The molecule has 1 aliphatic carbocycles. The highest BCUT2D eigenvalue weighted by atomic mass is 19.4. The Morgan fingerprint density at radius 3 is 2.00 bits per heavy atom. The third kappa shape index (κ3) is 7.34. The van der Waals surface area contributed by atoms with Crippen LogP contribution in [0, 0.1) is 0 Å². The average molecular weight is 749 g/mol. The van der Waals surface area contributed by atoms with E-state index < -0.39 is 65.6 Å². The molecule has 7 rings (SSSR count). The molecule has 14 heteroatoms. The third-order valence-electron chi connectivity index (χ3n) is 10.0. The first-order chi connectivity index (χ1) is 25.8. The van der Waals surface area contributed by atoms with Gasteiger partial charge >= 0.3 is 18.3 Å². The number of ether oxygens (including phenoxy) is 1. The summed E-state index contributed by atoms with van der Waals surface area (Å²) in [6.45, 7) is 0.0654. The van der Waals surface area contributed by atoms with Gasteiger partial charge in [-0.05, 0) is 35.6 Å². The number of alkyl halides is 6. The van der Waals surface area contributed by atoms with Gasteiger partial charge in [0.1, 0.15) is 30.5 Å². The summed E-state index contributed by atoms with van der Waals surface area (Å²) in [4.78, 5) is 31.7. The summed E-state index contributed by atoms with van der Waals surface area (Å²) in [5, 5.41) is 15.6. The molecule has 0 radical (unpaired) electrons. The molecule has 1 aliphatic heterocycles. The fraction of sp³-hybridized carbons (Fsp3) is 0.300. The highest BCUT2D eigenvalue weighted by Gasteiger charge is 2.54. The molecule has 2 atom stereocenters. The van der Waals surface area contributed by atoms with E-state index in [1.165, 1.54) is 4.68 Å². The Hall–Kier alpha value is -5.50. The maximum atomic E-state index is 14.8. The Morgan fingerprint density at radius 2 is 1.44 bits per heavy atom. The van der Waals surface area contributed by atoms with E-state index in [0.717, 1.165) is 17.2 Å². The number of aromatic nitrogens is 3. The first-order valence-electron chi connectivity index (χ1n) is 17.3. The van der Waals surface area contributed by atoms with Gasteiger partial charge in [-0.2, -0.15) is 31.4 Å². The summed E-state index contributed by atoms with van der Waals surface area (Å²) in [7, 11) is 0. The Kier molecular flexibility index (Phi) is 10.1. The highest BCUT2D eigenvalue weighted by molar-refractivity contribution is 5.92. The predicted molar refractivity (Wildman–Crippen MR) is 185 cm³/mol. The van der Waals surface area contributed by atoms with Crippen LogP contribution in [0.15, 0.2) is 103 Å². The second kappa shape index (κ2) is 14.7. The quantitative estimate of drug-likeness (QED) is 0.128. The molecule has 3 aromatic carbocycles. The van der Waals surface area contributed by atoms with Gasteiger partial charge in [-0.3, -0.25) is 9.48 Å². The van der Waals surface area contributed by atoms with Crippen molar-refractivity contribution in [1.29, 1.82) is 0 Å². The highest BCUT2D eigenvalue weighted by Crippen LogP contribution is 2.48. The average Bonchev–Trinajstić information content (AvgIpc) is 3.52. The van der Waals surface area contributed by atoms with E-state index in [1.807, 2.05) is 36.4 Å². The van der Waals surface area contributed by atoms with Crippen molar-refractivity contribution in [2.45, 2.75) is 62.2 Å². The van der Waals surface area contributed by atoms with Gasteiger partial charge in [-0.25, -0.2) is 9.78 Å². The van der Waals surface area contributed by atoms with E-state index in [4.69, 9.17) is 9.84 Å². The zero-order valence-electron chi connectivity index (χ0n) is 28.6. The zero-order valence-corrected chi connectivity index (χ0v) is 28.6. The summed E-state index contributed by atoms with van der Waals surface area (Å²) in [6, 6.07) is 27.0. The van der Waals surface area contributed by atoms with Gasteiger partial charge in [0.2, 0.25) is 0 Å². The molecule has 8 nitrogen and oxygen atoms in total. The molecule has 0 bridgehead atoms. The number of fused-ring (bicyclic) bond motifs is 1. The van der Waals surface area contributed by atoms with Crippen LogP contribution in [0.1, 0.15) is 80.3 Å². The molecular formula is C40H34F6N4O4. The van der Waals surface area contributed by atoms with Gasteiger partial charge in [-0.15, -0.1) is 0 Å². The lowest BCUT2D eigenvalue weighted by Gasteiger charge is -2.35. The van der Waals surface area contributed by atoms with Crippen molar-refractivity contribution in [3.05, 3.63) is 148 Å². The fourth-order valence-corrected chi connectivity index (χ4v) is 7.43. The number of aliphatic hydroxyl groups excluding tert-OH is 1. The molecule has 5 aromatic rings. The van der Waals surface area contributed by atoms with Gasteiger partial charge in [0.05, 0.1) is 28.9 Å². The van der Waals surface area contributed by atoms with E-state index in [9.17, 15) is 41.0 Å². The van der Waals surface area contributed by atoms with Crippen LogP contribution in [-0.4, -0.2) is 57.0 Å². The topological polar surface area (TPSA) is 97.5 Å². The van der Waals surface area contributed by atoms with Crippen LogP contribution in [0.2, 0.25) is 0 Å². The number of benzene rings is 3. The molecule has 0 saturated carbocycles. The lowest BCUT2D eigenvalue weighted by atomic mass is 9.78. The van der Waals surface area contributed by atoms with Crippen LogP contribution in [0.25, 0.3) is 0 Å². The van der Waals surface area contributed by atoms with Crippen molar-refractivity contribution in [3.63, 3.8) is 0 Å². The number of anilines is 1. The van der Waals surface area contributed by atoms with Crippen LogP contribution in [-0.2, 0) is 28.7 Å². The van der Waals surface area contributed by atoms with Crippen molar-refractivity contribution >= 4 is 17.6 Å². The Bertz CT molecular complexity index is 2080. The number of carbonyl (C=O) groups excluding carboxylic acids is 2. The van der Waals surface area contributed by atoms with E-state index in [0.29, 0.717) is 11.8 Å². The molecule has 54 heavy (non-hydrogen) atoms. The number of hydrogen-bond donors (Lipinski definition) is 1. The van der Waals surface area contributed by atoms with Crippen LogP contribution in [0.5, 0.6) is 0 Å². The number of Topliss-reactive ketones (excluding diaryl/α,β-unsaturated/α-hetero) is 1. The van der Waals surface area contributed by atoms with Gasteiger partial charge in [0, 0.05) is 30.8 Å². The van der Waals surface area contributed by atoms with Gasteiger partial charge in [-0.1, -0.05) is 91.0 Å². The molecule has 0 spiro atoms. The second-order valence-corrected chi connectivity index (χ2v) is 13.4. The SMILES string of the molecule is O=C(OCc1ccccc1)c1cc(N2CCC(c3nn(C(c4ccccc4)c4ccccc4)c4c3[C@H](C(F)(F)F)[C@H](O)C(=O)C4)CC2)ncc1C(F)(F)F. The van der Waals surface area contributed by atoms with E-state index in [1.54, 1.807) is 59.5 Å². The Balaban J connectivity index is 1.23. The van der Waals surface area contributed by atoms with Crippen molar-refractivity contribution in [1.82, 2.24) is 14.8 Å². The largest absolute Gasteiger partial charge is 0.457 e. The number of ketones is 1. The minimum Gasteiger partial charge on any atom is -0.457 e. The van der Waals surface area contributed by atoms with Crippen molar-refractivity contribution in [2.24, 2.45) is 0 Å². The summed E-state index contributed by atoms with van der Waals surface area (Å²) in [5.74, 6) is -5.14. The smallest absolute Gasteiger partial charge is 0.418 e. The standard InChI is InChI=1S/C40H34F6N4O4/c41-39(42,43)29-22-47-32(20-28(29)38(53)54-23-24-10-4-1-5-11-24)49-18-16-25(17-19-49)35-33-30(21-31(51)37(52)34(33)40(44,45)46)50(48-35)36(26-12-6-2-7-13-26)27-14-8-3-9-15-27/h1-15,20,22,25,34,36-37,52H,16-19,21,23H2/t34-,37+/m0/s1. The maximum Gasteiger partial charge on any atom is 0.418 e. The van der Waals surface area contributed by atoms with Crippen LogP contribution in [0.4, 0.5) is 32.2 Å². The molecule has 3 heterocycles. The predicted octanol–water partition coefficient (Wildman–Crippen LogP) is 7.81. The number of pyridine rings is 1. The normalized spacial score (nSPS) is 18.1. The summed E-state index contributed by atoms with van der Waals surface area (Å²) < 4.78 is 93.1. The minimum atomic E-state index is -4.97. The number of piperidine rings is 1. The van der Waals surface area contributed by atoms with Crippen LogP contribution >= 0.6 is 0 Å². The van der Waals surface area contributed by atoms with Crippen LogP contribution < -0.4 is 4.90 Å². The molecule has 280 valence electrons. The molecule has 2 aromatic heterocycles. The monoisotopic (exact) mass is 748 g/mol. The number of esters is 1. The van der Waals surface area contributed by atoms with Crippen molar-refractivity contribution < 1.29 is 45.8 Å². The first-order valence-corrected chi connectivity index (χ1v) is 17.3. The van der Waals surface area contributed by atoms with Crippen molar-refractivity contribution in [2.75, 3.05) is 18.0 Å². The lowest BCUT2D eigenvalue weighted by molar-refractivity contribution is -0.179. The van der Waals surface area contributed by atoms with E-state index in [-0.39, 0.29) is 55.3 Å². The van der Waals surface area contributed by atoms with Gasteiger partial charge in [0.15, 0.2) is 5.78 Å². The number of rotatable bonds is 8. The second-order valence-electron chi connectivity index (χ2n) is 13.4. The summed E-state index contributed by atoms with van der Waals surface area (Å²) in [5.41, 5.74) is 0.0385. The number of halogens is 6. The lowest BCUT2D eigenvalue weighted by Crippen LogP contribution is -2.43. The van der Waals surface area contributed by atoms with Crippen molar-refractivity contribution in [3.8, 4) is 0 Å². The molecule has 1 fully saturated rings. The zero-order chi connectivity index (χ0) is 38.2. The van der Waals surface area contributed by atoms with E-state index >= 15 is 0 Å². The maximum absolute atomic E-state index is 14.8. The molecule has 1 saturated heterocycles. The molecule has 0 amide bonds. The molecule has 1 N–H and O–H groups in total. The Labute approximate surface area is 306 Å². The summed E-state index contributed by atoms with van der Waals surface area (Å²) in [6.07, 6.45) is -11.6. The molecule has 2 aliphatic rings. The third-order valence-corrected chi connectivity index (χ3v) is 10.0. The summed E-state index contributed by atoms with van der Waals surface area (Å²) >= 11 is 0. The van der Waals surface area contributed by atoms with Crippen LogP contribution in [0.3, 0.4) is 0 Å². The van der Waals surface area contributed by atoms with E-state index in [2.05, 4.69) is 4.98 Å². The number of carbonyl (C=O) groups is 2. The number of nitrogens with zero attached hydrogens (tertiary/aromatic N) is 4. The Morgan fingerprint density at radius 1 is 0.870 bits per heavy atom. The molecule has 0 unspecified atom stereocenters.